The molecule has 306 valence electrons. The molecule has 0 fully saturated rings. The van der Waals surface area contributed by atoms with Gasteiger partial charge in [0.1, 0.15) is 16.7 Å². The van der Waals surface area contributed by atoms with Crippen LogP contribution in [0.3, 0.4) is 0 Å². The maximum Gasteiger partial charge on any atom is 0.333 e. The van der Waals surface area contributed by atoms with Gasteiger partial charge in [0.15, 0.2) is 5.58 Å². The van der Waals surface area contributed by atoms with E-state index >= 15 is 0 Å². The Balaban J connectivity index is 1.13. The van der Waals surface area contributed by atoms with Crippen molar-refractivity contribution in [3.05, 3.63) is 157 Å². The second kappa shape index (κ2) is 12.3. The summed E-state index contributed by atoms with van der Waals surface area (Å²) in [6, 6.07) is 53.9. The number of hydrogen-bond acceptors (Lipinski definition) is 5. The quantitative estimate of drug-likeness (QED) is 0.163. The summed E-state index contributed by atoms with van der Waals surface area (Å²) < 4.78 is 18.4. The zero-order valence-electron chi connectivity index (χ0n) is 36.5. The Morgan fingerprint density at radius 3 is 2.09 bits per heavy atom. The molecule has 0 bridgehead atoms. The molecule has 7 heteroatoms. The van der Waals surface area contributed by atoms with Crippen LogP contribution >= 0.6 is 11.3 Å². The average molecular weight is 844 g/mol. The molecule has 6 heterocycles. The maximum atomic E-state index is 6.69. The fourth-order valence-corrected chi connectivity index (χ4v) is 12.0. The van der Waals surface area contributed by atoms with Gasteiger partial charge in [-0.25, -0.2) is 4.98 Å². The predicted molar refractivity (Wildman–Crippen MR) is 270 cm³/mol. The van der Waals surface area contributed by atoms with Crippen molar-refractivity contribution in [3.63, 3.8) is 0 Å². The van der Waals surface area contributed by atoms with Crippen LogP contribution in [0.4, 0.5) is 11.4 Å². The molecule has 5 nitrogen and oxygen atoms in total. The van der Waals surface area contributed by atoms with Crippen LogP contribution in [0, 0.1) is 0 Å². The molecule has 2 aliphatic rings. The first-order valence-electron chi connectivity index (χ1n) is 22.3. The van der Waals surface area contributed by atoms with E-state index in [0.717, 1.165) is 55.5 Å². The number of para-hydroxylation sites is 1. The third-order valence-electron chi connectivity index (χ3n) is 14.1. The minimum absolute atomic E-state index is 0.0165. The minimum atomic E-state index is -0.168. The molecule has 0 N–H and O–H groups in total. The lowest BCUT2D eigenvalue weighted by Gasteiger charge is -2.42. The summed E-state index contributed by atoms with van der Waals surface area (Å²) in [5.41, 5.74) is 17.9. The monoisotopic (exact) mass is 843 g/mol. The average Bonchev–Trinajstić information content (AvgIpc) is 4.06. The molecule has 14 rings (SSSR count). The summed E-state index contributed by atoms with van der Waals surface area (Å²) >= 11 is 1.91. The third kappa shape index (κ3) is 4.93. The van der Waals surface area contributed by atoms with Crippen molar-refractivity contribution in [2.24, 2.45) is 0 Å². The standard InChI is InChI=1S/C57H42BN3O2S/c1-56(2,3)32-16-19-34(20-17-32)61-46-26-42-36-21-18-33(57(4,5)6)24-51(36)64-52(42)28-40(46)37-22-23-38-39-27-49-41(35-14-10-11-15-48(35)62-49)25-45(39)60-47-30-50-44(29-43(47)58(61)53(37)54(38)60)59-55(63-50)31-12-8-7-9-13-31/h7-30H,1-6H3. The highest BCUT2D eigenvalue weighted by Gasteiger charge is 2.45. The summed E-state index contributed by atoms with van der Waals surface area (Å²) in [5, 5.41) is 7.20. The van der Waals surface area contributed by atoms with Gasteiger partial charge >= 0.3 is 6.85 Å². The number of oxazole rings is 1. The van der Waals surface area contributed by atoms with Crippen LogP contribution in [0.5, 0.6) is 0 Å². The maximum absolute atomic E-state index is 6.69. The Hall–Kier alpha value is -7.09. The Labute approximate surface area is 374 Å². The van der Waals surface area contributed by atoms with Gasteiger partial charge in [0.05, 0.1) is 11.0 Å². The first-order valence-corrected chi connectivity index (χ1v) is 23.1. The lowest BCUT2D eigenvalue weighted by molar-refractivity contribution is 0.590. The fourth-order valence-electron chi connectivity index (χ4n) is 10.9. The van der Waals surface area contributed by atoms with Gasteiger partial charge in [0.25, 0.3) is 0 Å². The van der Waals surface area contributed by atoms with Gasteiger partial charge < -0.3 is 18.2 Å². The number of rotatable bonds is 2. The molecule has 0 atom stereocenters. The minimum Gasteiger partial charge on any atom is -0.456 e. The van der Waals surface area contributed by atoms with Crippen LogP contribution in [0.1, 0.15) is 52.7 Å². The van der Waals surface area contributed by atoms with Gasteiger partial charge in [-0.05, 0) is 105 Å². The number of thiophene rings is 1. The summed E-state index contributed by atoms with van der Waals surface area (Å²) in [6.45, 7) is 13.6. The number of nitrogens with zero attached hydrogens (tertiary/aromatic N) is 3. The molecule has 64 heavy (non-hydrogen) atoms. The Morgan fingerprint density at radius 1 is 0.531 bits per heavy atom. The summed E-state index contributed by atoms with van der Waals surface area (Å²) in [5.74, 6) is 0.621. The summed E-state index contributed by atoms with van der Waals surface area (Å²) in [4.78, 5) is 7.82. The van der Waals surface area contributed by atoms with Gasteiger partial charge in [-0.1, -0.05) is 114 Å². The molecule has 0 spiro atoms. The lowest BCUT2D eigenvalue weighted by Crippen LogP contribution is -2.60. The van der Waals surface area contributed by atoms with E-state index in [-0.39, 0.29) is 17.7 Å². The predicted octanol–water partition coefficient (Wildman–Crippen LogP) is 14.7. The zero-order chi connectivity index (χ0) is 43.0. The zero-order valence-corrected chi connectivity index (χ0v) is 37.3. The molecule has 2 aliphatic heterocycles. The largest absolute Gasteiger partial charge is 0.456 e. The summed E-state index contributed by atoms with van der Waals surface area (Å²) in [7, 11) is 0. The molecule has 8 aromatic carbocycles. The molecule has 0 amide bonds. The van der Waals surface area contributed by atoms with E-state index in [1.165, 1.54) is 75.3 Å². The molecule has 0 saturated heterocycles. The van der Waals surface area contributed by atoms with Crippen LogP contribution < -0.4 is 15.7 Å². The molecule has 0 unspecified atom stereocenters. The summed E-state index contributed by atoms with van der Waals surface area (Å²) in [6.07, 6.45) is 0. The van der Waals surface area contributed by atoms with Crippen molar-refractivity contribution in [2.45, 2.75) is 52.4 Å². The van der Waals surface area contributed by atoms with E-state index in [1.54, 1.807) is 0 Å². The number of hydrogen-bond donors (Lipinski definition) is 0. The van der Waals surface area contributed by atoms with E-state index in [0.29, 0.717) is 5.89 Å². The molecule has 12 aromatic rings. The SMILES string of the molecule is CC(C)(C)c1ccc(N2B3c4cc5nc(-c6ccccc6)oc5cc4-n4c5cc6c(cc5c5ccc(c3c54)-c3cc4sc5cc(C(C)(C)C)ccc5c4cc32)oc2ccccc26)cc1. The number of furan rings is 1. The van der Waals surface area contributed by atoms with Crippen molar-refractivity contribution in [2.75, 3.05) is 4.81 Å². The van der Waals surface area contributed by atoms with Crippen molar-refractivity contribution in [1.29, 1.82) is 0 Å². The first-order chi connectivity index (χ1) is 31.0. The second-order valence-electron chi connectivity index (χ2n) is 20.0. The van der Waals surface area contributed by atoms with Crippen LogP contribution in [-0.2, 0) is 10.8 Å². The highest BCUT2D eigenvalue weighted by molar-refractivity contribution is 7.25. The molecule has 0 saturated carbocycles. The Bertz CT molecular complexity index is 3990. The lowest BCUT2D eigenvalue weighted by atomic mass is 9.44. The number of fused-ring (bicyclic) bond motifs is 15. The molecule has 0 radical (unpaired) electrons. The highest BCUT2D eigenvalue weighted by atomic mass is 32.1. The number of benzene rings is 8. The van der Waals surface area contributed by atoms with Crippen LogP contribution in [-0.4, -0.2) is 16.4 Å². The Kier molecular flexibility index (Phi) is 7.02. The van der Waals surface area contributed by atoms with E-state index in [9.17, 15) is 0 Å². The van der Waals surface area contributed by atoms with E-state index < -0.39 is 0 Å². The fraction of sp³-hybridized carbons (Fsp3) is 0.140. The van der Waals surface area contributed by atoms with Gasteiger partial charge in [0.2, 0.25) is 5.89 Å². The first kappa shape index (κ1) is 36.4. The van der Waals surface area contributed by atoms with Crippen molar-refractivity contribution < 1.29 is 8.83 Å². The van der Waals surface area contributed by atoms with Crippen molar-refractivity contribution in [3.8, 4) is 28.3 Å². The van der Waals surface area contributed by atoms with Gasteiger partial charge in [0, 0.05) is 76.0 Å². The van der Waals surface area contributed by atoms with Crippen LogP contribution in [0.15, 0.2) is 154 Å². The van der Waals surface area contributed by atoms with E-state index in [4.69, 9.17) is 13.8 Å². The number of anilines is 2. The Morgan fingerprint density at radius 2 is 1.28 bits per heavy atom. The smallest absolute Gasteiger partial charge is 0.333 e. The van der Waals surface area contributed by atoms with E-state index in [1.807, 2.05) is 35.6 Å². The molecule has 0 aliphatic carbocycles. The van der Waals surface area contributed by atoms with Crippen molar-refractivity contribution in [1.82, 2.24) is 9.55 Å². The topological polar surface area (TPSA) is 47.3 Å². The molecular formula is C57H42BN3O2S. The molecular weight excluding hydrogens is 802 g/mol. The normalized spacial score (nSPS) is 13.7. The van der Waals surface area contributed by atoms with Crippen LogP contribution in [0.25, 0.3) is 103 Å². The highest BCUT2D eigenvalue weighted by Crippen LogP contribution is 2.50. The van der Waals surface area contributed by atoms with Gasteiger partial charge in [-0.2, -0.15) is 0 Å². The second-order valence-corrected chi connectivity index (χ2v) is 21.1. The molecule has 4 aromatic heterocycles. The van der Waals surface area contributed by atoms with Crippen molar-refractivity contribution >= 4 is 116 Å². The van der Waals surface area contributed by atoms with Crippen LogP contribution in [0.2, 0.25) is 0 Å². The van der Waals surface area contributed by atoms with E-state index in [2.05, 4.69) is 172 Å². The van der Waals surface area contributed by atoms with Gasteiger partial charge in [-0.15, -0.1) is 11.3 Å². The van der Waals surface area contributed by atoms with Gasteiger partial charge in [-0.3, -0.25) is 0 Å². The third-order valence-corrected chi connectivity index (χ3v) is 15.2. The number of aromatic nitrogens is 2.